The van der Waals surface area contributed by atoms with Gasteiger partial charge in [0.25, 0.3) is 15.9 Å². The molecule has 0 bridgehead atoms. The quantitative estimate of drug-likeness (QED) is 0.476. The lowest BCUT2D eigenvalue weighted by atomic mass is 10.1. The minimum Gasteiger partial charge on any atom is -0.354 e. The fourth-order valence-corrected chi connectivity index (χ4v) is 6.08. The molecule has 0 aromatic heterocycles. The summed E-state index contributed by atoms with van der Waals surface area (Å²) in [4.78, 5) is 40.5. The summed E-state index contributed by atoms with van der Waals surface area (Å²) in [6.45, 7) is 5.72. The molecule has 1 atom stereocenters. The van der Waals surface area contributed by atoms with Crippen LogP contribution in [0.2, 0.25) is 10.0 Å². The molecule has 1 aliphatic heterocycles. The third-order valence-electron chi connectivity index (χ3n) is 5.90. The smallest absolute Gasteiger partial charge is 0.269 e. The average Bonchev–Trinajstić information content (AvgIpc) is 3.02. The first-order valence-corrected chi connectivity index (χ1v) is 13.8. The summed E-state index contributed by atoms with van der Waals surface area (Å²) in [5.74, 6) is -1.31. The number of nitrogens with one attached hydrogen (secondary N) is 1. The molecule has 194 valence electrons. The summed E-state index contributed by atoms with van der Waals surface area (Å²) in [6.07, 6.45) is -0.000877. The molecule has 36 heavy (non-hydrogen) atoms. The SMILES string of the molecule is CC[C@H](C(=O)NCC(C)C)N(Cc1c(Cl)cccc1Cl)C(=O)CCN1C(=O)c2ccccc2S1(=O)=O. The van der Waals surface area contributed by atoms with Gasteiger partial charge in [-0.05, 0) is 36.6 Å². The molecule has 0 fully saturated rings. The lowest BCUT2D eigenvalue weighted by Gasteiger charge is -2.32. The number of fused-ring (bicyclic) bond motifs is 1. The van der Waals surface area contributed by atoms with Gasteiger partial charge in [0.2, 0.25) is 11.8 Å². The van der Waals surface area contributed by atoms with Crippen LogP contribution in [0.25, 0.3) is 0 Å². The molecule has 11 heteroatoms. The molecule has 1 heterocycles. The second kappa shape index (κ2) is 11.6. The zero-order valence-corrected chi connectivity index (χ0v) is 22.7. The second-order valence-corrected chi connectivity index (χ2v) is 11.6. The van der Waals surface area contributed by atoms with E-state index in [2.05, 4.69) is 5.32 Å². The molecule has 2 aromatic carbocycles. The van der Waals surface area contributed by atoms with Crippen molar-refractivity contribution in [2.24, 2.45) is 5.92 Å². The maximum Gasteiger partial charge on any atom is 0.269 e. The first-order chi connectivity index (χ1) is 17.0. The molecule has 1 aliphatic rings. The van der Waals surface area contributed by atoms with Crippen molar-refractivity contribution < 1.29 is 22.8 Å². The van der Waals surface area contributed by atoms with Gasteiger partial charge in [-0.25, -0.2) is 12.7 Å². The summed E-state index contributed by atoms with van der Waals surface area (Å²) < 4.78 is 26.5. The van der Waals surface area contributed by atoms with Gasteiger partial charge < -0.3 is 10.2 Å². The van der Waals surface area contributed by atoms with E-state index < -0.39 is 27.9 Å². The predicted octanol–water partition coefficient (Wildman–Crippen LogP) is 4.11. The summed E-state index contributed by atoms with van der Waals surface area (Å²) >= 11 is 12.7. The van der Waals surface area contributed by atoms with E-state index in [9.17, 15) is 22.8 Å². The van der Waals surface area contributed by atoms with Crippen molar-refractivity contribution in [2.75, 3.05) is 13.1 Å². The van der Waals surface area contributed by atoms with E-state index in [1.54, 1.807) is 31.2 Å². The second-order valence-electron chi connectivity index (χ2n) is 8.91. The highest BCUT2D eigenvalue weighted by Gasteiger charge is 2.41. The largest absolute Gasteiger partial charge is 0.354 e. The van der Waals surface area contributed by atoms with Gasteiger partial charge in [0, 0.05) is 41.7 Å². The summed E-state index contributed by atoms with van der Waals surface area (Å²) in [5, 5.41) is 3.53. The van der Waals surface area contributed by atoms with Gasteiger partial charge in [0.1, 0.15) is 10.9 Å². The number of rotatable bonds is 10. The molecule has 0 unspecified atom stereocenters. The molecule has 3 amide bonds. The Labute approximate surface area is 221 Å². The minimum atomic E-state index is -4.06. The van der Waals surface area contributed by atoms with E-state index >= 15 is 0 Å². The summed E-state index contributed by atoms with van der Waals surface area (Å²) in [6, 6.07) is 10.0. The molecule has 2 aromatic rings. The number of amides is 3. The Kier molecular flexibility index (Phi) is 9.03. The number of carbonyl (C=O) groups is 3. The van der Waals surface area contributed by atoms with Crippen LogP contribution in [0.5, 0.6) is 0 Å². The van der Waals surface area contributed by atoms with Gasteiger partial charge in [-0.15, -0.1) is 0 Å². The van der Waals surface area contributed by atoms with Crippen molar-refractivity contribution in [3.63, 3.8) is 0 Å². The molecule has 1 N–H and O–H groups in total. The zero-order valence-electron chi connectivity index (χ0n) is 20.3. The predicted molar refractivity (Wildman–Crippen MR) is 138 cm³/mol. The van der Waals surface area contributed by atoms with Crippen LogP contribution in [0.4, 0.5) is 0 Å². The Morgan fingerprint density at radius 3 is 2.28 bits per heavy atom. The number of carbonyl (C=O) groups excluding carboxylic acids is 3. The van der Waals surface area contributed by atoms with E-state index in [4.69, 9.17) is 23.2 Å². The van der Waals surface area contributed by atoms with Gasteiger partial charge in [0.15, 0.2) is 0 Å². The fraction of sp³-hybridized carbons (Fsp3) is 0.400. The van der Waals surface area contributed by atoms with Gasteiger partial charge in [0.05, 0.1) is 5.56 Å². The first kappa shape index (κ1) is 28.0. The maximum absolute atomic E-state index is 13.5. The fourth-order valence-electron chi connectivity index (χ4n) is 3.99. The molecule has 0 aliphatic carbocycles. The lowest BCUT2D eigenvalue weighted by Crippen LogP contribution is -2.50. The summed E-state index contributed by atoms with van der Waals surface area (Å²) in [7, 11) is -4.06. The van der Waals surface area contributed by atoms with Gasteiger partial charge in [-0.3, -0.25) is 14.4 Å². The number of benzene rings is 2. The molecule has 0 radical (unpaired) electrons. The van der Waals surface area contributed by atoms with Crippen LogP contribution in [-0.4, -0.2) is 54.5 Å². The Balaban J connectivity index is 1.86. The minimum absolute atomic E-state index is 0.0497. The molecular weight excluding hydrogens is 525 g/mol. The Morgan fingerprint density at radius 2 is 1.69 bits per heavy atom. The third kappa shape index (κ3) is 5.85. The van der Waals surface area contributed by atoms with Crippen molar-refractivity contribution in [1.82, 2.24) is 14.5 Å². The number of nitrogens with zero attached hydrogens (tertiary/aromatic N) is 2. The van der Waals surface area contributed by atoms with Crippen LogP contribution in [0.1, 0.15) is 49.5 Å². The van der Waals surface area contributed by atoms with Crippen molar-refractivity contribution in [1.29, 1.82) is 0 Å². The highest BCUT2D eigenvalue weighted by Crippen LogP contribution is 2.31. The maximum atomic E-state index is 13.5. The van der Waals surface area contributed by atoms with Crippen LogP contribution < -0.4 is 5.32 Å². The highest BCUT2D eigenvalue weighted by molar-refractivity contribution is 7.90. The Bertz CT molecular complexity index is 1250. The van der Waals surface area contributed by atoms with Crippen molar-refractivity contribution in [3.05, 3.63) is 63.6 Å². The highest BCUT2D eigenvalue weighted by atomic mass is 35.5. The molecular formula is C25H29Cl2N3O5S. The van der Waals surface area contributed by atoms with Crippen molar-refractivity contribution in [3.8, 4) is 0 Å². The van der Waals surface area contributed by atoms with E-state index in [1.807, 2.05) is 13.8 Å². The normalized spacial score (nSPS) is 15.1. The van der Waals surface area contributed by atoms with Crippen LogP contribution in [0.3, 0.4) is 0 Å². The number of sulfonamides is 1. The molecule has 0 saturated carbocycles. The van der Waals surface area contributed by atoms with Gasteiger partial charge in [-0.1, -0.05) is 62.2 Å². The summed E-state index contributed by atoms with van der Waals surface area (Å²) in [5.41, 5.74) is 0.547. The zero-order chi connectivity index (χ0) is 26.6. The standard InChI is InChI=1S/C25H29Cl2N3O5S/c1-4-21(24(32)28-14-16(2)3)29(15-18-19(26)9-7-10-20(18)27)23(31)12-13-30-25(33)17-8-5-6-11-22(17)36(30,34)35/h5-11,16,21H,4,12-15H2,1-3H3,(H,28,32)/t21-/m1/s1. The Hall–Kier alpha value is -2.62. The van der Waals surface area contributed by atoms with Crippen LogP contribution in [0.15, 0.2) is 47.4 Å². The van der Waals surface area contributed by atoms with E-state index in [0.29, 0.717) is 32.9 Å². The number of hydrogen-bond donors (Lipinski definition) is 1. The Morgan fingerprint density at radius 1 is 1.06 bits per heavy atom. The van der Waals surface area contributed by atoms with Crippen molar-refractivity contribution in [2.45, 2.75) is 51.1 Å². The molecule has 0 saturated heterocycles. The monoisotopic (exact) mass is 553 g/mol. The number of hydrogen-bond acceptors (Lipinski definition) is 5. The van der Waals surface area contributed by atoms with E-state index in [-0.39, 0.29) is 41.8 Å². The lowest BCUT2D eigenvalue weighted by molar-refractivity contribution is -0.141. The first-order valence-electron chi connectivity index (χ1n) is 11.6. The topological polar surface area (TPSA) is 104 Å². The molecule has 8 nitrogen and oxygen atoms in total. The van der Waals surface area contributed by atoms with Gasteiger partial charge in [-0.2, -0.15) is 0 Å². The van der Waals surface area contributed by atoms with Crippen molar-refractivity contribution >= 4 is 50.9 Å². The number of halogens is 2. The van der Waals surface area contributed by atoms with E-state index in [0.717, 1.165) is 0 Å². The van der Waals surface area contributed by atoms with Crippen LogP contribution in [0, 0.1) is 5.92 Å². The average molecular weight is 554 g/mol. The van der Waals surface area contributed by atoms with Crippen LogP contribution >= 0.6 is 23.2 Å². The molecule has 0 spiro atoms. The van der Waals surface area contributed by atoms with Crippen LogP contribution in [-0.2, 0) is 26.2 Å². The van der Waals surface area contributed by atoms with Gasteiger partial charge >= 0.3 is 0 Å². The third-order valence-corrected chi connectivity index (χ3v) is 8.45. The molecule has 3 rings (SSSR count). The van der Waals surface area contributed by atoms with E-state index in [1.165, 1.54) is 23.1 Å².